The Bertz CT molecular complexity index is 1160. The van der Waals surface area contributed by atoms with Crippen molar-refractivity contribution in [3.05, 3.63) is 36.7 Å². The Kier molecular flexibility index (Phi) is 11.0. The normalized spacial score (nSPS) is 20.0. The second-order valence-electron chi connectivity index (χ2n) is 9.11. The molecule has 5 atom stereocenters. The van der Waals surface area contributed by atoms with Crippen molar-refractivity contribution in [2.24, 2.45) is 5.92 Å². The fraction of sp³-hybridized carbons (Fsp3) is 0.520. The lowest BCUT2D eigenvalue weighted by Crippen LogP contribution is -2.32. The number of benzene rings is 1. The first kappa shape index (κ1) is 29.5. The van der Waals surface area contributed by atoms with Crippen LogP contribution in [0, 0.1) is 5.92 Å². The standard InChI is InChI=1S/C19H31N6O5P.C6H6O/c1-6-27-16-14-15(22-19(20)23-16)25(9-21-14)17-11(4)7-13(30-17)8-28-31-24-12(5)18(26)29-10(2)3;7-6-4-2-1-3-5-6/h9-13,17,24,31H,6-8H2,1-5H3,(H2,20,22,23);1-5,7H. The van der Waals surface area contributed by atoms with Gasteiger partial charge < -0.3 is 29.6 Å². The molecule has 38 heavy (non-hydrogen) atoms. The molecule has 1 fully saturated rings. The van der Waals surface area contributed by atoms with E-state index in [1.165, 1.54) is 0 Å². The summed E-state index contributed by atoms with van der Waals surface area (Å²) in [5.74, 6) is 0.736. The predicted molar refractivity (Wildman–Crippen MR) is 145 cm³/mol. The number of para-hydroxylation sites is 1. The van der Waals surface area contributed by atoms with E-state index in [2.05, 4.69) is 27.0 Å². The van der Waals surface area contributed by atoms with Crippen molar-refractivity contribution in [3.63, 3.8) is 0 Å². The van der Waals surface area contributed by atoms with Crippen LogP contribution in [0.3, 0.4) is 0 Å². The molecule has 2 aromatic heterocycles. The first-order chi connectivity index (χ1) is 18.2. The molecule has 1 aliphatic rings. The smallest absolute Gasteiger partial charge is 0.323 e. The summed E-state index contributed by atoms with van der Waals surface area (Å²) < 4.78 is 24.5. The molecular formula is C25H37N6O6P. The number of nitrogens with zero attached hydrogens (tertiary/aromatic N) is 4. The van der Waals surface area contributed by atoms with Crippen molar-refractivity contribution >= 4 is 32.0 Å². The molecule has 1 aliphatic heterocycles. The third kappa shape index (κ3) is 8.22. The van der Waals surface area contributed by atoms with E-state index in [1.807, 2.05) is 31.4 Å². The number of esters is 1. The lowest BCUT2D eigenvalue weighted by molar-refractivity contribution is -0.148. The fourth-order valence-corrected chi connectivity index (χ4v) is 4.43. The van der Waals surface area contributed by atoms with Crippen LogP contribution in [0.1, 0.15) is 47.3 Å². The number of anilines is 1. The number of hydrogen-bond acceptors (Lipinski definition) is 11. The van der Waals surface area contributed by atoms with E-state index in [9.17, 15) is 4.79 Å². The minimum Gasteiger partial charge on any atom is -0.508 e. The van der Waals surface area contributed by atoms with Crippen molar-refractivity contribution in [1.29, 1.82) is 0 Å². The van der Waals surface area contributed by atoms with Crippen LogP contribution in [0.2, 0.25) is 0 Å². The van der Waals surface area contributed by atoms with Crippen LogP contribution in [-0.4, -0.2) is 62.1 Å². The molecule has 13 heteroatoms. The summed E-state index contributed by atoms with van der Waals surface area (Å²) in [7, 11) is -0.0373. The van der Waals surface area contributed by atoms with Gasteiger partial charge in [0.1, 0.15) is 18.0 Å². The zero-order chi connectivity index (χ0) is 27.7. The van der Waals surface area contributed by atoms with E-state index in [4.69, 9.17) is 29.6 Å². The van der Waals surface area contributed by atoms with E-state index >= 15 is 0 Å². The first-order valence-electron chi connectivity index (χ1n) is 12.5. The minimum absolute atomic E-state index is 0.0373. The second-order valence-corrected chi connectivity index (χ2v) is 9.89. The molecule has 208 valence electrons. The van der Waals surface area contributed by atoms with Crippen molar-refractivity contribution in [3.8, 4) is 11.6 Å². The molecule has 0 saturated carbocycles. The number of carbonyl (C=O) groups excluding carboxylic acids is 1. The molecule has 12 nitrogen and oxygen atoms in total. The molecule has 0 amide bonds. The van der Waals surface area contributed by atoms with Crippen LogP contribution < -0.4 is 15.6 Å². The van der Waals surface area contributed by atoms with E-state index in [0.29, 0.717) is 36.0 Å². The molecule has 0 aliphatic carbocycles. The number of rotatable bonds is 10. The largest absolute Gasteiger partial charge is 0.508 e. The van der Waals surface area contributed by atoms with Crippen LogP contribution in [0.15, 0.2) is 36.7 Å². The number of ether oxygens (including phenoxy) is 3. The number of phenols is 1. The van der Waals surface area contributed by atoms with Gasteiger partial charge in [-0.15, -0.1) is 0 Å². The number of nitrogens with one attached hydrogen (secondary N) is 1. The van der Waals surface area contributed by atoms with Crippen LogP contribution in [0.25, 0.3) is 11.2 Å². The molecule has 0 radical (unpaired) electrons. The first-order valence-corrected chi connectivity index (χ1v) is 13.5. The maximum Gasteiger partial charge on any atom is 0.323 e. The molecule has 1 saturated heterocycles. The van der Waals surface area contributed by atoms with E-state index in [1.54, 1.807) is 37.5 Å². The number of fused-ring (bicyclic) bond motifs is 1. The van der Waals surface area contributed by atoms with Crippen molar-refractivity contribution in [2.45, 2.75) is 65.5 Å². The monoisotopic (exact) mass is 548 g/mol. The van der Waals surface area contributed by atoms with Gasteiger partial charge in [0.15, 0.2) is 11.2 Å². The third-order valence-electron chi connectivity index (χ3n) is 5.49. The van der Waals surface area contributed by atoms with Crippen LogP contribution >= 0.6 is 8.96 Å². The summed E-state index contributed by atoms with van der Waals surface area (Å²) in [6, 6.07) is 8.28. The number of aromatic hydroxyl groups is 1. The van der Waals surface area contributed by atoms with Gasteiger partial charge in [-0.2, -0.15) is 9.97 Å². The molecule has 4 N–H and O–H groups in total. The highest BCUT2D eigenvalue weighted by atomic mass is 31.1. The molecule has 1 aromatic carbocycles. The maximum atomic E-state index is 11.8. The zero-order valence-electron chi connectivity index (χ0n) is 22.3. The molecule has 5 unspecified atom stereocenters. The minimum atomic E-state index is -0.432. The quantitative estimate of drug-likeness (QED) is 0.193. The maximum absolute atomic E-state index is 11.8. The summed E-state index contributed by atoms with van der Waals surface area (Å²) in [5.41, 5.74) is 6.99. The van der Waals surface area contributed by atoms with Gasteiger partial charge in [-0.1, -0.05) is 25.1 Å². The lowest BCUT2D eigenvalue weighted by atomic mass is 10.1. The molecule has 0 spiro atoms. The predicted octanol–water partition coefficient (Wildman–Crippen LogP) is 3.58. The van der Waals surface area contributed by atoms with Gasteiger partial charge in [-0.25, -0.2) is 4.98 Å². The van der Waals surface area contributed by atoms with E-state index in [-0.39, 0.29) is 45.2 Å². The van der Waals surface area contributed by atoms with Gasteiger partial charge in [0.05, 0.1) is 40.7 Å². The Morgan fingerprint density at radius 2 is 2.03 bits per heavy atom. The topological polar surface area (TPSA) is 156 Å². The number of phenolic OH excluding ortho intramolecular Hbond substituents is 1. The number of nitrogens with two attached hydrogens (primary N) is 1. The molecule has 4 rings (SSSR count). The number of aromatic nitrogens is 4. The van der Waals surface area contributed by atoms with Crippen LogP contribution in [-0.2, 0) is 18.8 Å². The number of hydrogen-bond donors (Lipinski definition) is 3. The average Bonchev–Trinajstić information content (AvgIpc) is 3.45. The Morgan fingerprint density at radius 3 is 2.66 bits per heavy atom. The summed E-state index contributed by atoms with van der Waals surface area (Å²) in [5, 5.41) is 11.7. The highest BCUT2D eigenvalue weighted by Gasteiger charge is 2.35. The molecular weight excluding hydrogens is 511 g/mol. The highest BCUT2D eigenvalue weighted by molar-refractivity contribution is 7.29. The van der Waals surface area contributed by atoms with Gasteiger partial charge >= 0.3 is 5.97 Å². The van der Waals surface area contributed by atoms with Crippen molar-refractivity contribution in [1.82, 2.24) is 24.6 Å². The summed E-state index contributed by atoms with van der Waals surface area (Å²) in [4.78, 5) is 24.7. The summed E-state index contributed by atoms with van der Waals surface area (Å²) in [6.07, 6.45) is 2.01. The van der Waals surface area contributed by atoms with E-state index in [0.717, 1.165) is 6.42 Å². The van der Waals surface area contributed by atoms with Crippen LogP contribution in [0.4, 0.5) is 5.95 Å². The summed E-state index contributed by atoms with van der Waals surface area (Å²) >= 11 is 0. The van der Waals surface area contributed by atoms with E-state index < -0.39 is 6.04 Å². The molecule has 0 bridgehead atoms. The zero-order valence-corrected chi connectivity index (χ0v) is 23.3. The number of nitrogen functional groups attached to an aromatic ring is 1. The Morgan fingerprint density at radius 1 is 1.29 bits per heavy atom. The Labute approximate surface area is 224 Å². The Hall–Kier alpha value is -3.05. The van der Waals surface area contributed by atoms with Gasteiger partial charge in [-0.3, -0.25) is 14.4 Å². The van der Waals surface area contributed by atoms with Gasteiger partial charge in [0, 0.05) is 5.92 Å². The molecule has 3 aromatic rings. The van der Waals surface area contributed by atoms with Crippen LogP contribution in [0.5, 0.6) is 11.6 Å². The third-order valence-corrected chi connectivity index (χ3v) is 6.36. The average molecular weight is 549 g/mol. The number of imidazole rings is 1. The summed E-state index contributed by atoms with van der Waals surface area (Å²) in [6.45, 7) is 10.2. The second kappa shape index (κ2) is 14.2. The highest BCUT2D eigenvalue weighted by Crippen LogP contribution is 2.37. The molecule has 3 heterocycles. The van der Waals surface area contributed by atoms with Gasteiger partial charge in [0.25, 0.3) is 0 Å². The van der Waals surface area contributed by atoms with Crippen molar-refractivity contribution < 1.29 is 28.6 Å². The van der Waals surface area contributed by atoms with Crippen molar-refractivity contribution in [2.75, 3.05) is 18.9 Å². The SMILES string of the molecule is CCOc1nc(N)nc2c1ncn2C1OC(COPNC(C)C(=O)OC(C)C)CC1C.Oc1ccccc1. The van der Waals surface area contributed by atoms with Gasteiger partial charge in [-0.05, 0) is 46.2 Å². The lowest BCUT2D eigenvalue weighted by Gasteiger charge is -2.18. The fourth-order valence-electron chi connectivity index (χ4n) is 3.78. The van der Waals surface area contributed by atoms with Gasteiger partial charge in [0.2, 0.25) is 11.8 Å². The Balaban J connectivity index is 0.000000494. The number of carbonyl (C=O) groups is 1.